The Kier molecular flexibility index (Phi) is 5.85. The third kappa shape index (κ3) is 5.03. The van der Waals surface area contributed by atoms with E-state index in [4.69, 9.17) is 5.11 Å². The molecule has 6 heteroatoms. The van der Waals surface area contributed by atoms with Gasteiger partial charge in [-0.25, -0.2) is 4.79 Å². The molecule has 1 saturated carbocycles. The molecule has 120 valence electrons. The number of rotatable bonds is 7. The van der Waals surface area contributed by atoms with Crippen molar-refractivity contribution in [3.63, 3.8) is 0 Å². The topological polar surface area (TPSA) is 86.6 Å². The minimum absolute atomic E-state index is 0.0872. The van der Waals surface area contributed by atoms with E-state index >= 15 is 0 Å². The van der Waals surface area contributed by atoms with Crippen LogP contribution in [-0.4, -0.2) is 40.0 Å². The van der Waals surface area contributed by atoms with Crippen molar-refractivity contribution in [1.82, 2.24) is 5.32 Å². The van der Waals surface area contributed by atoms with Gasteiger partial charge < -0.3 is 15.5 Å². The Labute approximate surface area is 134 Å². The summed E-state index contributed by atoms with van der Waals surface area (Å²) in [7, 11) is 0. The van der Waals surface area contributed by atoms with E-state index in [-0.39, 0.29) is 18.7 Å². The van der Waals surface area contributed by atoms with Gasteiger partial charge in [0.1, 0.15) is 0 Å². The molecule has 5 nitrogen and oxygen atoms in total. The molecule has 2 rings (SSSR count). The Hall–Kier alpha value is -1.53. The lowest BCUT2D eigenvalue weighted by molar-refractivity contribution is 0.0732. The molecular formula is C16H21NO4S. The minimum atomic E-state index is -1.12. The maximum Gasteiger partial charge on any atom is 0.404 e. The summed E-state index contributed by atoms with van der Waals surface area (Å²) in [5.74, 6) is 0.557. The molecule has 0 spiro atoms. The number of carbonyl (C=O) groups excluding carboxylic acids is 1. The first-order valence-corrected chi connectivity index (χ1v) is 8.42. The lowest BCUT2D eigenvalue weighted by Crippen LogP contribution is -2.27. The first-order chi connectivity index (χ1) is 10.5. The van der Waals surface area contributed by atoms with E-state index in [0.717, 1.165) is 30.6 Å². The van der Waals surface area contributed by atoms with Crippen molar-refractivity contribution >= 4 is 23.6 Å². The van der Waals surface area contributed by atoms with E-state index in [1.165, 1.54) is 0 Å². The molecule has 1 aromatic carbocycles. The van der Waals surface area contributed by atoms with Gasteiger partial charge >= 0.3 is 6.09 Å². The number of Topliss-reactive ketones (excluding diaryl/α,β-unsaturated/α-hetero) is 1. The van der Waals surface area contributed by atoms with Crippen LogP contribution in [0, 0.1) is 0 Å². The Bertz CT molecular complexity index is 541. The summed E-state index contributed by atoms with van der Waals surface area (Å²) in [5, 5.41) is 21.0. The van der Waals surface area contributed by atoms with Crippen LogP contribution in [0.1, 0.15) is 42.5 Å². The van der Waals surface area contributed by atoms with E-state index in [9.17, 15) is 14.7 Å². The molecule has 1 aliphatic carbocycles. The zero-order valence-corrected chi connectivity index (χ0v) is 13.2. The molecule has 0 aliphatic heterocycles. The summed E-state index contributed by atoms with van der Waals surface area (Å²) >= 11 is 1.56. The number of hydrogen-bond donors (Lipinski definition) is 3. The van der Waals surface area contributed by atoms with Crippen molar-refractivity contribution in [2.45, 2.75) is 42.6 Å². The summed E-state index contributed by atoms with van der Waals surface area (Å²) < 4.78 is 0. The van der Waals surface area contributed by atoms with Crippen LogP contribution in [0.25, 0.3) is 0 Å². The van der Waals surface area contributed by atoms with Crippen molar-refractivity contribution in [3.8, 4) is 0 Å². The third-order valence-electron chi connectivity index (χ3n) is 3.83. The van der Waals surface area contributed by atoms with Crippen LogP contribution in [-0.2, 0) is 0 Å². The van der Waals surface area contributed by atoms with Gasteiger partial charge in [-0.15, -0.1) is 11.8 Å². The molecule has 1 aliphatic rings. The number of nitrogens with one attached hydrogen (secondary N) is 1. The fourth-order valence-electron chi connectivity index (χ4n) is 2.58. The molecule has 0 unspecified atom stereocenters. The van der Waals surface area contributed by atoms with E-state index in [1.807, 2.05) is 18.2 Å². The zero-order valence-electron chi connectivity index (χ0n) is 12.4. The summed E-state index contributed by atoms with van der Waals surface area (Å²) in [6, 6.07) is 7.29. The van der Waals surface area contributed by atoms with Crippen LogP contribution in [0.3, 0.4) is 0 Å². The number of amides is 1. The molecule has 0 bridgehead atoms. The van der Waals surface area contributed by atoms with Crippen molar-refractivity contribution in [2.24, 2.45) is 0 Å². The molecule has 0 atom stereocenters. The van der Waals surface area contributed by atoms with E-state index < -0.39 is 11.7 Å². The van der Waals surface area contributed by atoms with Crippen LogP contribution in [0.15, 0.2) is 29.2 Å². The molecule has 1 amide bonds. The van der Waals surface area contributed by atoms with Gasteiger partial charge in [0.15, 0.2) is 5.78 Å². The first-order valence-electron chi connectivity index (χ1n) is 7.44. The number of thioether (sulfide) groups is 1. The summed E-state index contributed by atoms with van der Waals surface area (Å²) in [6.07, 6.45) is 2.86. The van der Waals surface area contributed by atoms with Crippen LogP contribution in [0.2, 0.25) is 0 Å². The predicted molar refractivity (Wildman–Crippen MR) is 85.6 cm³/mol. The molecule has 22 heavy (non-hydrogen) atoms. The highest BCUT2D eigenvalue weighted by Crippen LogP contribution is 2.34. The summed E-state index contributed by atoms with van der Waals surface area (Å²) in [4.78, 5) is 23.3. The monoisotopic (exact) mass is 323 g/mol. The first kappa shape index (κ1) is 16.8. The SMILES string of the molecule is O=C(O)NCCC(=O)c1cccc(SCC2(O)CCCC2)c1. The smallest absolute Gasteiger partial charge is 0.404 e. The number of ketones is 1. The molecule has 1 aromatic rings. The van der Waals surface area contributed by atoms with Gasteiger partial charge in [-0.1, -0.05) is 25.0 Å². The highest BCUT2D eigenvalue weighted by molar-refractivity contribution is 7.99. The maximum absolute atomic E-state index is 12.0. The molecule has 0 radical (unpaired) electrons. The van der Waals surface area contributed by atoms with Crippen LogP contribution in [0.5, 0.6) is 0 Å². The van der Waals surface area contributed by atoms with Crippen molar-refractivity contribution in [3.05, 3.63) is 29.8 Å². The Morgan fingerprint density at radius 3 is 2.68 bits per heavy atom. The number of carboxylic acid groups (broad SMARTS) is 1. The van der Waals surface area contributed by atoms with Gasteiger partial charge in [0.05, 0.1) is 5.60 Å². The average Bonchev–Trinajstić information content (AvgIpc) is 2.92. The molecule has 0 saturated heterocycles. The second-order valence-corrected chi connectivity index (χ2v) is 6.70. The summed E-state index contributed by atoms with van der Waals surface area (Å²) in [6.45, 7) is 0.116. The number of hydrogen-bond acceptors (Lipinski definition) is 4. The fourth-order valence-corrected chi connectivity index (χ4v) is 3.69. The fraction of sp³-hybridized carbons (Fsp3) is 0.500. The molecule has 3 N–H and O–H groups in total. The zero-order chi connectivity index (χ0) is 16.0. The lowest BCUT2D eigenvalue weighted by atomic mass is 10.1. The largest absolute Gasteiger partial charge is 0.465 e. The van der Waals surface area contributed by atoms with E-state index in [0.29, 0.717) is 11.3 Å². The highest BCUT2D eigenvalue weighted by Gasteiger charge is 2.30. The average molecular weight is 323 g/mol. The standard InChI is InChI=1S/C16H21NO4S/c18-14(6-9-17-15(19)20)12-4-3-5-13(10-12)22-11-16(21)7-1-2-8-16/h3-5,10,17,21H,1-2,6-9,11H2,(H,19,20). The Morgan fingerprint density at radius 2 is 2.00 bits per heavy atom. The van der Waals surface area contributed by atoms with Gasteiger partial charge in [-0.3, -0.25) is 4.79 Å². The van der Waals surface area contributed by atoms with Crippen molar-refractivity contribution in [1.29, 1.82) is 0 Å². The lowest BCUT2D eigenvalue weighted by Gasteiger charge is -2.21. The van der Waals surface area contributed by atoms with Gasteiger partial charge in [-0.05, 0) is 25.0 Å². The van der Waals surface area contributed by atoms with E-state index in [2.05, 4.69) is 5.32 Å². The van der Waals surface area contributed by atoms with Crippen LogP contribution >= 0.6 is 11.8 Å². The molecule has 1 fully saturated rings. The highest BCUT2D eigenvalue weighted by atomic mass is 32.2. The van der Waals surface area contributed by atoms with Crippen LogP contribution in [0.4, 0.5) is 4.79 Å². The third-order valence-corrected chi connectivity index (χ3v) is 5.10. The minimum Gasteiger partial charge on any atom is -0.465 e. The van der Waals surface area contributed by atoms with Crippen LogP contribution < -0.4 is 5.32 Å². The van der Waals surface area contributed by atoms with Gasteiger partial charge in [-0.2, -0.15) is 0 Å². The van der Waals surface area contributed by atoms with Crippen molar-refractivity contribution < 1.29 is 19.8 Å². The Morgan fingerprint density at radius 1 is 1.27 bits per heavy atom. The maximum atomic E-state index is 12.0. The number of benzene rings is 1. The van der Waals surface area contributed by atoms with Gasteiger partial charge in [0, 0.05) is 29.2 Å². The number of aliphatic hydroxyl groups is 1. The molecule has 0 aromatic heterocycles. The predicted octanol–water partition coefficient (Wildman–Crippen LogP) is 2.92. The Balaban J connectivity index is 1.88. The van der Waals surface area contributed by atoms with Gasteiger partial charge in [0.2, 0.25) is 0 Å². The van der Waals surface area contributed by atoms with E-state index in [1.54, 1.807) is 17.8 Å². The normalized spacial score (nSPS) is 16.4. The molecule has 0 heterocycles. The van der Waals surface area contributed by atoms with Crippen molar-refractivity contribution in [2.75, 3.05) is 12.3 Å². The second-order valence-electron chi connectivity index (χ2n) is 5.65. The summed E-state index contributed by atoms with van der Waals surface area (Å²) in [5.41, 5.74) is 0.00593. The van der Waals surface area contributed by atoms with Gasteiger partial charge in [0.25, 0.3) is 0 Å². The second kappa shape index (κ2) is 7.65. The molecular weight excluding hydrogens is 302 g/mol. The number of carbonyl (C=O) groups is 2. The quantitative estimate of drug-likeness (QED) is 0.530.